The van der Waals surface area contributed by atoms with Crippen LogP contribution in [0.25, 0.3) is 11.1 Å². The van der Waals surface area contributed by atoms with Gasteiger partial charge in [0.25, 0.3) is 0 Å². The largest absolute Gasteiger partial charge is 0.369 e. The van der Waals surface area contributed by atoms with Gasteiger partial charge in [0.1, 0.15) is 6.10 Å². The van der Waals surface area contributed by atoms with Crippen molar-refractivity contribution < 1.29 is 9.53 Å². The van der Waals surface area contributed by atoms with Crippen LogP contribution in [0, 0.1) is 0 Å². The summed E-state index contributed by atoms with van der Waals surface area (Å²) in [4.78, 5) is 22.2. The third-order valence-electron chi connectivity index (χ3n) is 3.92. The summed E-state index contributed by atoms with van der Waals surface area (Å²) in [5.74, 6) is 0.192. The number of nitrogens with two attached hydrogens (primary N) is 1. The normalized spacial score (nSPS) is 17.5. The maximum absolute atomic E-state index is 11.2. The third-order valence-corrected chi connectivity index (χ3v) is 3.92. The first-order valence-electron chi connectivity index (χ1n) is 7.83. The second kappa shape index (κ2) is 6.94. The third kappa shape index (κ3) is 3.37. The van der Waals surface area contributed by atoms with Gasteiger partial charge in [0, 0.05) is 44.5 Å². The van der Waals surface area contributed by atoms with Crippen molar-refractivity contribution in [2.45, 2.75) is 6.10 Å². The Hall–Kier alpha value is -2.51. The van der Waals surface area contributed by atoms with Crippen molar-refractivity contribution in [3.8, 4) is 11.1 Å². The number of nitrogens with zero attached hydrogens (tertiary/aromatic N) is 3. The molecule has 1 saturated heterocycles. The number of benzene rings is 1. The van der Waals surface area contributed by atoms with Gasteiger partial charge in [-0.3, -0.25) is 4.79 Å². The molecular weight excluding hydrogens is 306 g/mol. The number of rotatable bonds is 4. The molecule has 7 nitrogen and oxygen atoms in total. The van der Waals surface area contributed by atoms with E-state index < -0.39 is 5.91 Å². The van der Waals surface area contributed by atoms with Crippen LogP contribution in [0.3, 0.4) is 0 Å². The zero-order chi connectivity index (χ0) is 17.1. The van der Waals surface area contributed by atoms with E-state index in [1.54, 1.807) is 18.3 Å². The molecule has 7 heteroatoms. The average molecular weight is 327 g/mol. The minimum Gasteiger partial charge on any atom is -0.369 e. The van der Waals surface area contributed by atoms with Crippen LogP contribution >= 0.6 is 0 Å². The molecule has 0 saturated carbocycles. The van der Waals surface area contributed by atoms with Gasteiger partial charge in [-0.15, -0.1) is 0 Å². The molecule has 0 bridgehead atoms. The molecule has 1 atom stereocenters. The zero-order valence-corrected chi connectivity index (χ0v) is 13.8. The number of carbonyl (C=O) groups excluding carboxylic acids is 1. The minimum atomic E-state index is -0.444. The summed E-state index contributed by atoms with van der Waals surface area (Å²) in [6.07, 6.45) is 1.67. The highest BCUT2D eigenvalue weighted by Gasteiger charge is 2.22. The van der Waals surface area contributed by atoms with E-state index in [0.29, 0.717) is 24.7 Å². The second-order valence-corrected chi connectivity index (χ2v) is 5.87. The highest BCUT2D eigenvalue weighted by atomic mass is 16.5. The molecule has 1 unspecified atom stereocenters. The van der Waals surface area contributed by atoms with E-state index in [9.17, 15) is 4.79 Å². The molecule has 1 aromatic carbocycles. The minimum absolute atomic E-state index is 0.133. The Balaban J connectivity index is 2.03. The van der Waals surface area contributed by atoms with Gasteiger partial charge in [-0.2, -0.15) is 0 Å². The van der Waals surface area contributed by atoms with Gasteiger partial charge in [0.05, 0.1) is 12.3 Å². The zero-order valence-electron chi connectivity index (χ0n) is 13.8. The fourth-order valence-corrected chi connectivity index (χ4v) is 2.62. The lowest BCUT2D eigenvalue weighted by Gasteiger charge is -2.26. The average Bonchev–Trinajstić information content (AvgIpc) is 2.62. The van der Waals surface area contributed by atoms with Gasteiger partial charge < -0.3 is 20.7 Å². The Kier molecular flexibility index (Phi) is 4.73. The molecule has 1 fully saturated rings. The molecule has 2 heterocycles. The van der Waals surface area contributed by atoms with Crippen molar-refractivity contribution in [3.05, 3.63) is 41.7 Å². The van der Waals surface area contributed by atoms with Gasteiger partial charge in [0.2, 0.25) is 11.9 Å². The SMILES string of the molecule is CN(C)c1ncc(-c2ccc(C(N)=O)cc2)c(C2CNCCO2)n1. The van der Waals surface area contributed by atoms with E-state index in [0.717, 1.165) is 23.4 Å². The van der Waals surface area contributed by atoms with Crippen LogP contribution in [-0.4, -0.2) is 49.7 Å². The van der Waals surface area contributed by atoms with Gasteiger partial charge >= 0.3 is 0 Å². The Bertz CT molecular complexity index is 724. The molecule has 24 heavy (non-hydrogen) atoms. The number of amides is 1. The quantitative estimate of drug-likeness (QED) is 0.869. The Morgan fingerprint density at radius 1 is 1.33 bits per heavy atom. The van der Waals surface area contributed by atoms with Gasteiger partial charge in [-0.05, 0) is 17.7 Å². The number of nitrogens with one attached hydrogen (secondary N) is 1. The van der Waals surface area contributed by atoms with Gasteiger partial charge in [-0.1, -0.05) is 12.1 Å². The lowest BCUT2D eigenvalue weighted by Crippen LogP contribution is -2.34. The standard InChI is InChI=1S/C17H21N5O2/c1-22(2)17-20-9-13(11-3-5-12(6-4-11)16(18)23)15(21-17)14-10-19-7-8-24-14/h3-6,9,14,19H,7-8,10H2,1-2H3,(H2,18,23). The topological polar surface area (TPSA) is 93.4 Å². The first-order chi connectivity index (χ1) is 11.6. The van der Waals surface area contributed by atoms with Crippen LogP contribution < -0.4 is 16.0 Å². The summed E-state index contributed by atoms with van der Waals surface area (Å²) < 4.78 is 5.88. The van der Waals surface area contributed by atoms with E-state index in [1.807, 2.05) is 31.1 Å². The number of morpholine rings is 1. The van der Waals surface area contributed by atoms with Crippen molar-refractivity contribution in [2.24, 2.45) is 5.73 Å². The second-order valence-electron chi connectivity index (χ2n) is 5.87. The molecule has 0 aliphatic carbocycles. The summed E-state index contributed by atoms with van der Waals surface area (Å²) in [5, 5.41) is 3.32. The molecule has 0 spiro atoms. The lowest BCUT2D eigenvalue weighted by atomic mass is 10.0. The fraction of sp³-hybridized carbons (Fsp3) is 0.353. The fourth-order valence-electron chi connectivity index (χ4n) is 2.62. The van der Waals surface area contributed by atoms with Crippen molar-refractivity contribution in [3.63, 3.8) is 0 Å². The van der Waals surface area contributed by atoms with Crippen LogP contribution in [0.4, 0.5) is 5.95 Å². The number of ether oxygens (including phenoxy) is 1. The number of hydrogen-bond donors (Lipinski definition) is 2. The molecule has 3 N–H and O–H groups in total. The predicted octanol–water partition coefficient (Wildman–Crippen LogP) is 0.969. The molecule has 1 aromatic heterocycles. The van der Waals surface area contributed by atoms with Crippen molar-refractivity contribution in [1.29, 1.82) is 0 Å². The van der Waals surface area contributed by atoms with Crippen molar-refractivity contribution in [1.82, 2.24) is 15.3 Å². The van der Waals surface area contributed by atoms with E-state index in [4.69, 9.17) is 10.5 Å². The summed E-state index contributed by atoms with van der Waals surface area (Å²) in [7, 11) is 3.81. The Labute approximate surface area is 140 Å². The van der Waals surface area contributed by atoms with Crippen molar-refractivity contribution in [2.75, 3.05) is 38.7 Å². The molecule has 2 aromatic rings. The Morgan fingerprint density at radius 3 is 2.67 bits per heavy atom. The van der Waals surface area contributed by atoms with E-state index in [-0.39, 0.29) is 6.10 Å². The number of aromatic nitrogens is 2. The molecule has 0 radical (unpaired) electrons. The van der Waals surface area contributed by atoms with E-state index >= 15 is 0 Å². The number of primary amides is 1. The number of anilines is 1. The van der Waals surface area contributed by atoms with Gasteiger partial charge in [0.15, 0.2) is 0 Å². The highest BCUT2D eigenvalue weighted by molar-refractivity contribution is 5.93. The van der Waals surface area contributed by atoms with Crippen LogP contribution in [-0.2, 0) is 4.74 Å². The first-order valence-corrected chi connectivity index (χ1v) is 7.83. The number of hydrogen-bond acceptors (Lipinski definition) is 6. The van der Waals surface area contributed by atoms with Crippen LogP contribution in [0.1, 0.15) is 22.2 Å². The van der Waals surface area contributed by atoms with E-state index in [1.165, 1.54) is 0 Å². The smallest absolute Gasteiger partial charge is 0.248 e. The monoisotopic (exact) mass is 327 g/mol. The molecule has 1 amide bonds. The number of carbonyl (C=O) groups is 1. The highest BCUT2D eigenvalue weighted by Crippen LogP contribution is 2.30. The summed E-state index contributed by atoms with van der Waals surface area (Å²) in [6.45, 7) is 2.19. The maximum atomic E-state index is 11.2. The Morgan fingerprint density at radius 2 is 2.08 bits per heavy atom. The van der Waals surface area contributed by atoms with Crippen molar-refractivity contribution >= 4 is 11.9 Å². The van der Waals surface area contributed by atoms with E-state index in [2.05, 4.69) is 15.3 Å². The molecule has 126 valence electrons. The van der Waals surface area contributed by atoms with Gasteiger partial charge in [-0.25, -0.2) is 9.97 Å². The summed E-state index contributed by atoms with van der Waals surface area (Å²) in [6, 6.07) is 7.13. The van der Waals surface area contributed by atoms with Crippen LogP contribution in [0.5, 0.6) is 0 Å². The van der Waals surface area contributed by atoms with Crippen LogP contribution in [0.2, 0.25) is 0 Å². The molecule has 3 rings (SSSR count). The summed E-state index contributed by atoms with van der Waals surface area (Å²) >= 11 is 0. The van der Waals surface area contributed by atoms with Crippen LogP contribution in [0.15, 0.2) is 30.5 Å². The lowest BCUT2D eigenvalue weighted by molar-refractivity contribution is 0.0254. The molecule has 1 aliphatic heterocycles. The first kappa shape index (κ1) is 16.4. The molecule has 1 aliphatic rings. The molecular formula is C17H21N5O2. The maximum Gasteiger partial charge on any atom is 0.248 e. The predicted molar refractivity (Wildman–Crippen MR) is 91.9 cm³/mol. The summed E-state index contributed by atoms with van der Waals surface area (Å²) in [5.41, 5.74) is 8.44.